The van der Waals surface area contributed by atoms with Crippen LogP contribution in [0.4, 0.5) is 0 Å². The molecule has 22 heavy (non-hydrogen) atoms. The van der Waals surface area contributed by atoms with Crippen LogP contribution in [0, 0.1) is 13.8 Å². The van der Waals surface area contributed by atoms with E-state index in [1.165, 1.54) is 0 Å². The molecule has 0 aromatic heterocycles. The van der Waals surface area contributed by atoms with Crippen molar-refractivity contribution in [1.29, 1.82) is 0 Å². The first kappa shape index (κ1) is 16.5. The van der Waals surface area contributed by atoms with Crippen LogP contribution in [0.15, 0.2) is 36.4 Å². The van der Waals surface area contributed by atoms with Crippen LogP contribution in [0.3, 0.4) is 0 Å². The fraction of sp³-hybridized carbons (Fsp3) is 0.333. The molecule has 0 aliphatic heterocycles. The summed E-state index contributed by atoms with van der Waals surface area (Å²) in [6, 6.07) is 11.5. The molecule has 0 heterocycles. The number of methoxy groups -OCH3 is 1. The van der Waals surface area contributed by atoms with Gasteiger partial charge in [0, 0.05) is 11.4 Å². The zero-order valence-electron chi connectivity index (χ0n) is 13.2. The minimum atomic E-state index is 0.575. The lowest BCUT2D eigenvalue weighted by Gasteiger charge is -2.12. The second kappa shape index (κ2) is 7.95. The number of benzene rings is 2. The van der Waals surface area contributed by atoms with E-state index in [-0.39, 0.29) is 0 Å². The molecule has 0 fully saturated rings. The van der Waals surface area contributed by atoms with Gasteiger partial charge in [0.25, 0.3) is 0 Å². The van der Waals surface area contributed by atoms with Crippen LogP contribution in [0.5, 0.6) is 17.2 Å². The molecule has 4 heteroatoms. The molecule has 0 unspecified atom stereocenters. The van der Waals surface area contributed by atoms with Crippen molar-refractivity contribution >= 4 is 11.6 Å². The zero-order chi connectivity index (χ0) is 15.9. The molecule has 0 saturated heterocycles. The van der Waals surface area contributed by atoms with Crippen LogP contribution in [0.1, 0.15) is 17.5 Å². The van der Waals surface area contributed by atoms with Gasteiger partial charge in [-0.15, -0.1) is 0 Å². The summed E-state index contributed by atoms with van der Waals surface area (Å²) < 4.78 is 16.8. The average Bonchev–Trinajstić information content (AvgIpc) is 2.50. The number of rotatable bonds is 7. The predicted octanol–water partition coefficient (Wildman–Crippen LogP) is 4.81. The number of hydrogen-bond donors (Lipinski definition) is 0. The summed E-state index contributed by atoms with van der Waals surface area (Å²) in [6.45, 7) is 5.17. The van der Waals surface area contributed by atoms with Crippen molar-refractivity contribution in [1.82, 2.24) is 0 Å². The summed E-state index contributed by atoms with van der Waals surface area (Å²) >= 11 is 5.92. The number of hydrogen-bond acceptors (Lipinski definition) is 3. The second-order valence-corrected chi connectivity index (χ2v) is 5.55. The summed E-state index contributed by atoms with van der Waals surface area (Å²) in [4.78, 5) is 0. The second-order valence-electron chi connectivity index (χ2n) is 5.11. The lowest BCUT2D eigenvalue weighted by atomic mass is 10.2. The minimum Gasteiger partial charge on any atom is -0.493 e. The van der Waals surface area contributed by atoms with Gasteiger partial charge in [-0.25, -0.2) is 0 Å². The Kier molecular flexibility index (Phi) is 5.96. The van der Waals surface area contributed by atoms with Crippen LogP contribution in [0.25, 0.3) is 0 Å². The van der Waals surface area contributed by atoms with Gasteiger partial charge in [-0.2, -0.15) is 0 Å². The highest BCUT2D eigenvalue weighted by Gasteiger charge is 2.04. The Hall–Kier alpha value is -1.87. The SMILES string of the molecule is COc1cc(C)ccc1OCCCOc1ccc(Cl)cc1C. The molecule has 0 aliphatic carbocycles. The summed E-state index contributed by atoms with van der Waals surface area (Å²) in [5, 5.41) is 0.722. The summed E-state index contributed by atoms with van der Waals surface area (Å²) in [5.41, 5.74) is 2.18. The van der Waals surface area contributed by atoms with Gasteiger partial charge in [0.1, 0.15) is 5.75 Å². The monoisotopic (exact) mass is 320 g/mol. The Balaban J connectivity index is 1.78. The summed E-state index contributed by atoms with van der Waals surface area (Å²) in [7, 11) is 1.65. The predicted molar refractivity (Wildman–Crippen MR) is 89.5 cm³/mol. The molecule has 118 valence electrons. The highest BCUT2D eigenvalue weighted by molar-refractivity contribution is 6.30. The van der Waals surface area contributed by atoms with Crippen LogP contribution in [0.2, 0.25) is 5.02 Å². The molecule has 3 nitrogen and oxygen atoms in total. The normalized spacial score (nSPS) is 10.4. The van der Waals surface area contributed by atoms with Gasteiger partial charge in [-0.05, 0) is 55.3 Å². The van der Waals surface area contributed by atoms with E-state index < -0.39 is 0 Å². The Bertz CT molecular complexity index is 626. The van der Waals surface area contributed by atoms with E-state index in [0.29, 0.717) is 13.2 Å². The molecule has 2 rings (SSSR count). The lowest BCUT2D eigenvalue weighted by Crippen LogP contribution is -2.06. The van der Waals surface area contributed by atoms with Crippen molar-refractivity contribution in [2.45, 2.75) is 20.3 Å². The van der Waals surface area contributed by atoms with Crippen molar-refractivity contribution in [3.63, 3.8) is 0 Å². The van der Waals surface area contributed by atoms with Crippen LogP contribution in [-0.2, 0) is 0 Å². The number of aryl methyl sites for hydroxylation is 2. The first-order valence-corrected chi connectivity index (χ1v) is 7.64. The zero-order valence-corrected chi connectivity index (χ0v) is 13.9. The molecular weight excluding hydrogens is 300 g/mol. The van der Waals surface area contributed by atoms with E-state index in [1.54, 1.807) is 7.11 Å². The smallest absolute Gasteiger partial charge is 0.161 e. The Morgan fingerprint density at radius 1 is 0.864 bits per heavy atom. The summed E-state index contributed by atoms with van der Waals surface area (Å²) in [6.07, 6.45) is 0.791. The molecule has 0 bridgehead atoms. The Morgan fingerprint density at radius 2 is 1.55 bits per heavy atom. The molecule has 0 amide bonds. The van der Waals surface area contributed by atoms with Crippen LogP contribution < -0.4 is 14.2 Å². The van der Waals surface area contributed by atoms with Gasteiger partial charge >= 0.3 is 0 Å². The maximum absolute atomic E-state index is 5.92. The Labute approximate surface area is 136 Å². The highest BCUT2D eigenvalue weighted by atomic mass is 35.5. The van der Waals surface area contributed by atoms with E-state index in [1.807, 2.05) is 50.2 Å². The molecule has 0 aliphatic rings. The van der Waals surface area contributed by atoms with Gasteiger partial charge in [0.2, 0.25) is 0 Å². The van der Waals surface area contributed by atoms with Gasteiger partial charge in [-0.1, -0.05) is 17.7 Å². The van der Waals surface area contributed by atoms with E-state index >= 15 is 0 Å². The van der Waals surface area contributed by atoms with Gasteiger partial charge in [-0.3, -0.25) is 0 Å². The topological polar surface area (TPSA) is 27.7 Å². The average molecular weight is 321 g/mol. The molecule has 0 N–H and O–H groups in total. The van der Waals surface area contributed by atoms with Crippen molar-refractivity contribution in [3.8, 4) is 17.2 Å². The van der Waals surface area contributed by atoms with Crippen LogP contribution >= 0.6 is 11.6 Å². The van der Waals surface area contributed by atoms with E-state index in [4.69, 9.17) is 25.8 Å². The van der Waals surface area contributed by atoms with Crippen molar-refractivity contribution in [3.05, 3.63) is 52.5 Å². The quantitative estimate of drug-likeness (QED) is 0.685. The third kappa shape index (κ3) is 4.57. The van der Waals surface area contributed by atoms with E-state index in [9.17, 15) is 0 Å². The maximum atomic E-state index is 5.92. The van der Waals surface area contributed by atoms with Crippen molar-refractivity contribution in [2.24, 2.45) is 0 Å². The van der Waals surface area contributed by atoms with Crippen molar-refractivity contribution < 1.29 is 14.2 Å². The van der Waals surface area contributed by atoms with Crippen LogP contribution in [-0.4, -0.2) is 20.3 Å². The molecular formula is C18H21ClO3. The molecule has 0 saturated carbocycles. The van der Waals surface area contributed by atoms with E-state index in [0.717, 1.165) is 39.8 Å². The van der Waals surface area contributed by atoms with Gasteiger partial charge in [0.05, 0.1) is 20.3 Å². The molecule has 0 spiro atoms. The third-order valence-electron chi connectivity index (χ3n) is 3.26. The first-order valence-electron chi connectivity index (χ1n) is 7.26. The highest BCUT2D eigenvalue weighted by Crippen LogP contribution is 2.28. The van der Waals surface area contributed by atoms with Gasteiger partial charge < -0.3 is 14.2 Å². The third-order valence-corrected chi connectivity index (χ3v) is 3.50. The lowest BCUT2D eigenvalue weighted by molar-refractivity contribution is 0.239. The summed E-state index contributed by atoms with van der Waals surface area (Å²) in [5.74, 6) is 2.38. The van der Waals surface area contributed by atoms with Crippen molar-refractivity contribution in [2.75, 3.05) is 20.3 Å². The molecule has 2 aromatic rings. The number of ether oxygens (including phenoxy) is 3. The molecule has 0 atom stereocenters. The number of halogens is 1. The fourth-order valence-electron chi connectivity index (χ4n) is 2.09. The fourth-order valence-corrected chi connectivity index (χ4v) is 2.32. The molecule has 0 radical (unpaired) electrons. The minimum absolute atomic E-state index is 0.575. The maximum Gasteiger partial charge on any atom is 0.161 e. The molecule has 2 aromatic carbocycles. The largest absolute Gasteiger partial charge is 0.493 e. The standard InChI is InChI=1S/C18H21ClO3/c1-13-5-7-17(18(11-13)20-3)22-10-4-9-21-16-8-6-15(19)12-14(16)2/h5-8,11-12H,4,9-10H2,1-3H3. The van der Waals surface area contributed by atoms with E-state index in [2.05, 4.69) is 0 Å². The van der Waals surface area contributed by atoms with Gasteiger partial charge in [0.15, 0.2) is 11.5 Å². The Morgan fingerprint density at radius 3 is 2.23 bits per heavy atom. The first-order chi connectivity index (χ1) is 10.6.